The second kappa shape index (κ2) is 11.4. The molecule has 0 aliphatic carbocycles. The van der Waals surface area contributed by atoms with E-state index >= 15 is 0 Å². The maximum absolute atomic E-state index is 12.6. The molecule has 0 bridgehead atoms. The fourth-order valence-electron chi connectivity index (χ4n) is 3.12. The zero-order valence-electron chi connectivity index (χ0n) is 18.8. The van der Waals surface area contributed by atoms with Crippen molar-refractivity contribution >= 4 is 40.8 Å². The average Bonchev–Trinajstić information content (AvgIpc) is 2.76. The Labute approximate surface area is 196 Å². The number of hydrogen-bond donors (Lipinski definition) is 2. The Balaban J connectivity index is 2.04. The van der Waals surface area contributed by atoms with E-state index in [4.69, 9.17) is 16.3 Å². The zero-order valence-corrected chi connectivity index (χ0v) is 19.6. The first-order chi connectivity index (χ1) is 15.5. The molecule has 0 saturated heterocycles. The maximum Gasteiger partial charge on any atom is 0.329 e. The van der Waals surface area contributed by atoms with Crippen LogP contribution < -0.4 is 10.6 Å². The molecule has 0 aromatic heterocycles. The number of aryl methyl sites for hydroxylation is 2. The van der Waals surface area contributed by atoms with E-state index in [1.807, 2.05) is 32.0 Å². The molecule has 0 spiro atoms. The number of nitro groups is 1. The lowest BCUT2D eigenvalue weighted by Gasteiger charge is -2.21. The van der Waals surface area contributed by atoms with Gasteiger partial charge in [0.05, 0.1) is 4.92 Å². The number of nitrogens with one attached hydrogen (secondary N) is 2. The second-order valence-corrected chi connectivity index (χ2v) is 8.14. The lowest BCUT2D eigenvalue weighted by Crippen LogP contribution is -2.46. The van der Waals surface area contributed by atoms with Gasteiger partial charge in [0, 0.05) is 17.3 Å². The first-order valence-electron chi connectivity index (χ1n) is 10.3. The summed E-state index contributed by atoms with van der Waals surface area (Å²) in [6.45, 7) is 6.69. The number of rotatable bonds is 9. The summed E-state index contributed by atoms with van der Waals surface area (Å²) in [6.07, 6.45) is 0.724. The van der Waals surface area contributed by atoms with E-state index in [-0.39, 0.29) is 16.5 Å². The predicted octanol–water partition coefficient (Wildman–Crippen LogP) is 4.06. The summed E-state index contributed by atoms with van der Waals surface area (Å²) in [6, 6.07) is 8.18. The Kier molecular flexibility index (Phi) is 8.93. The van der Waals surface area contributed by atoms with Crippen molar-refractivity contribution in [2.75, 3.05) is 11.9 Å². The number of nitro benzene ring substituents is 1. The number of carbonyl (C=O) groups is 3. The second-order valence-electron chi connectivity index (χ2n) is 7.74. The predicted molar refractivity (Wildman–Crippen MR) is 124 cm³/mol. The Morgan fingerprint density at radius 1 is 1.18 bits per heavy atom. The van der Waals surface area contributed by atoms with E-state index in [9.17, 15) is 24.5 Å². The number of benzene rings is 2. The third-order valence-corrected chi connectivity index (χ3v) is 5.28. The highest BCUT2D eigenvalue weighted by Crippen LogP contribution is 2.25. The lowest BCUT2D eigenvalue weighted by molar-refractivity contribution is -0.384. The van der Waals surface area contributed by atoms with Crippen molar-refractivity contribution in [2.45, 2.75) is 40.2 Å². The van der Waals surface area contributed by atoms with Gasteiger partial charge in [0.25, 0.3) is 17.5 Å². The van der Waals surface area contributed by atoms with Crippen LogP contribution in [0.2, 0.25) is 5.02 Å². The first-order valence-corrected chi connectivity index (χ1v) is 10.7. The number of hydrogen-bond acceptors (Lipinski definition) is 6. The molecule has 2 aromatic carbocycles. The molecule has 1 unspecified atom stereocenters. The lowest BCUT2D eigenvalue weighted by atomic mass is 10.0. The molecule has 2 aromatic rings. The Morgan fingerprint density at radius 3 is 2.48 bits per heavy atom. The van der Waals surface area contributed by atoms with Crippen molar-refractivity contribution in [1.29, 1.82) is 0 Å². The quantitative estimate of drug-likeness (QED) is 0.320. The number of amides is 2. The molecule has 0 fully saturated rings. The Bertz CT molecular complexity index is 1070. The van der Waals surface area contributed by atoms with Gasteiger partial charge in [-0.25, -0.2) is 4.79 Å². The van der Waals surface area contributed by atoms with E-state index < -0.39 is 41.0 Å². The fourth-order valence-corrected chi connectivity index (χ4v) is 3.31. The van der Waals surface area contributed by atoms with Gasteiger partial charge in [-0.3, -0.25) is 19.7 Å². The minimum absolute atomic E-state index is 0.0334. The highest BCUT2D eigenvalue weighted by atomic mass is 35.5. The molecule has 9 nitrogen and oxygen atoms in total. The minimum Gasteiger partial charge on any atom is -0.454 e. The minimum atomic E-state index is -1.07. The van der Waals surface area contributed by atoms with Crippen LogP contribution in [0, 0.1) is 23.0 Å². The van der Waals surface area contributed by atoms with Gasteiger partial charge in [0.1, 0.15) is 11.1 Å². The molecule has 1 atom stereocenters. The van der Waals surface area contributed by atoms with E-state index in [0.717, 1.165) is 23.6 Å². The van der Waals surface area contributed by atoms with Crippen molar-refractivity contribution < 1.29 is 24.0 Å². The fraction of sp³-hybridized carbons (Fsp3) is 0.348. The van der Waals surface area contributed by atoms with Crippen LogP contribution in [0.1, 0.15) is 42.3 Å². The largest absolute Gasteiger partial charge is 0.454 e. The van der Waals surface area contributed by atoms with Crippen molar-refractivity contribution in [3.8, 4) is 0 Å². The van der Waals surface area contributed by atoms with Gasteiger partial charge in [0.2, 0.25) is 0 Å². The van der Waals surface area contributed by atoms with Crippen LogP contribution in [0.4, 0.5) is 11.4 Å². The van der Waals surface area contributed by atoms with E-state index in [1.54, 1.807) is 13.8 Å². The number of halogens is 1. The van der Waals surface area contributed by atoms with E-state index in [1.165, 1.54) is 12.1 Å². The van der Waals surface area contributed by atoms with Crippen LogP contribution >= 0.6 is 11.6 Å². The van der Waals surface area contributed by atoms with E-state index in [0.29, 0.717) is 5.69 Å². The highest BCUT2D eigenvalue weighted by Gasteiger charge is 2.28. The van der Waals surface area contributed by atoms with Crippen molar-refractivity contribution in [2.24, 2.45) is 5.92 Å². The van der Waals surface area contributed by atoms with Gasteiger partial charge in [-0.1, -0.05) is 50.6 Å². The average molecular weight is 476 g/mol. The SMILES string of the molecule is CCc1cccc(C)c1NC(=O)COC(=O)C(NC(=O)c1ccc(Cl)c([N+](=O)[O-])c1)C(C)C. The number of ether oxygens (including phenoxy) is 1. The van der Waals surface area contributed by atoms with E-state index in [2.05, 4.69) is 10.6 Å². The zero-order chi connectivity index (χ0) is 24.7. The summed E-state index contributed by atoms with van der Waals surface area (Å²) in [5.74, 6) is -2.37. The molecule has 0 aliphatic rings. The number of esters is 1. The van der Waals surface area contributed by atoms with Crippen LogP contribution in [-0.2, 0) is 20.7 Å². The topological polar surface area (TPSA) is 128 Å². The van der Waals surface area contributed by atoms with Gasteiger partial charge in [-0.15, -0.1) is 0 Å². The molecule has 0 aliphatic heterocycles. The Morgan fingerprint density at radius 2 is 1.88 bits per heavy atom. The van der Waals surface area contributed by atoms with Gasteiger partial charge < -0.3 is 15.4 Å². The third-order valence-electron chi connectivity index (χ3n) is 4.96. The molecule has 0 heterocycles. The molecule has 2 rings (SSSR count). The van der Waals surface area contributed by atoms with Gasteiger partial charge in [-0.05, 0) is 42.5 Å². The smallest absolute Gasteiger partial charge is 0.329 e. The number of nitrogens with zero attached hydrogens (tertiary/aromatic N) is 1. The summed E-state index contributed by atoms with van der Waals surface area (Å²) in [5.41, 5.74) is 2.07. The van der Waals surface area contributed by atoms with Crippen LogP contribution in [0.15, 0.2) is 36.4 Å². The number of carbonyl (C=O) groups excluding carboxylic acids is 3. The molecule has 2 amide bonds. The van der Waals surface area contributed by atoms with Crippen molar-refractivity contribution in [3.05, 3.63) is 68.2 Å². The molecular formula is C23H26ClN3O6. The monoisotopic (exact) mass is 475 g/mol. The summed E-state index contributed by atoms with van der Waals surface area (Å²) in [5, 5.41) is 16.2. The van der Waals surface area contributed by atoms with Crippen LogP contribution in [0.25, 0.3) is 0 Å². The summed E-state index contributed by atoms with van der Waals surface area (Å²) in [7, 11) is 0. The van der Waals surface area contributed by atoms with Crippen molar-refractivity contribution in [1.82, 2.24) is 5.32 Å². The normalized spacial score (nSPS) is 11.6. The molecule has 33 heavy (non-hydrogen) atoms. The first kappa shape index (κ1) is 25.8. The van der Waals surface area contributed by atoms with Crippen LogP contribution in [0.5, 0.6) is 0 Å². The van der Waals surface area contributed by atoms with Crippen LogP contribution in [0.3, 0.4) is 0 Å². The van der Waals surface area contributed by atoms with Gasteiger partial charge >= 0.3 is 5.97 Å². The number of para-hydroxylation sites is 1. The third kappa shape index (κ3) is 6.76. The highest BCUT2D eigenvalue weighted by molar-refractivity contribution is 6.32. The number of anilines is 1. The maximum atomic E-state index is 12.6. The summed E-state index contributed by atoms with van der Waals surface area (Å²) >= 11 is 5.77. The molecule has 0 radical (unpaired) electrons. The van der Waals surface area contributed by atoms with Gasteiger partial charge in [0.15, 0.2) is 6.61 Å². The summed E-state index contributed by atoms with van der Waals surface area (Å²) < 4.78 is 5.14. The van der Waals surface area contributed by atoms with Crippen molar-refractivity contribution in [3.63, 3.8) is 0 Å². The molecule has 2 N–H and O–H groups in total. The Hall–Kier alpha value is -3.46. The molecule has 0 saturated carbocycles. The standard InChI is InChI=1S/C23H26ClN3O6/c1-5-15-8-6-7-14(4)21(15)25-19(28)12-33-23(30)20(13(2)3)26-22(29)16-9-10-17(24)18(11-16)27(31)32/h6-11,13,20H,5,12H2,1-4H3,(H,25,28)(H,26,29). The van der Waals surface area contributed by atoms with Crippen LogP contribution in [-0.4, -0.2) is 35.4 Å². The summed E-state index contributed by atoms with van der Waals surface area (Å²) in [4.78, 5) is 47.9. The molecule has 10 heteroatoms. The van der Waals surface area contributed by atoms with Gasteiger partial charge in [-0.2, -0.15) is 0 Å². The molecular weight excluding hydrogens is 450 g/mol. The molecule has 176 valence electrons.